The molecule has 0 bridgehead atoms. The lowest BCUT2D eigenvalue weighted by atomic mass is 10.5. The number of nitrogens with zero attached hydrogens (tertiary/aromatic N) is 1. The molecule has 0 spiro atoms. The van der Waals surface area contributed by atoms with Gasteiger partial charge in [0.1, 0.15) is 16.9 Å². The van der Waals surface area contributed by atoms with Gasteiger partial charge in [0.05, 0.1) is 13.2 Å². The molecule has 0 N–H and O–H groups in total. The molecule has 0 unspecified atom stereocenters. The Morgan fingerprint density at radius 2 is 2.00 bits per heavy atom. The summed E-state index contributed by atoms with van der Waals surface area (Å²) < 4.78 is 35.6. The highest BCUT2D eigenvalue weighted by Gasteiger charge is 2.27. The van der Waals surface area contributed by atoms with Crippen LogP contribution in [0, 0.1) is 6.92 Å². The summed E-state index contributed by atoms with van der Waals surface area (Å²) in [6.07, 6.45) is 1.28. The van der Waals surface area contributed by atoms with Crippen molar-refractivity contribution in [3.05, 3.63) is 18.1 Å². The fourth-order valence-corrected chi connectivity index (χ4v) is 2.90. The average Bonchev–Trinajstić information content (AvgIpc) is 2.67. The van der Waals surface area contributed by atoms with E-state index in [1.54, 1.807) is 6.92 Å². The molecule has 6 heteroatoms. The number of morpholine rings is 1. The second kappa shape index (κ2) is 3.96. The van der Waals surface area contributed by atoms with E-state index in [2.05, 4.69) is 0 Å². The van der Waals surface area contributed by atoms with Crippen LogP contribution in [0.1, 0.15) is 5.76 Å². The first-order chi connectivity index (χ1) is 7.10. The van der Waals surface area contributed by atoms with Crippen LogP contribution in [-0.4, -0.2) is 39.0 Å². The van der Waals surface area contributed by atoms with Crippen molar-refractivity contribution in [3.8, 4) is 0 Å². The number of sulfonamides is 1. The molecule has 0 atom stereocenters. The predicted molar refractivity (Wildman–Crippen MR) is 53.0 cm³/mol. The van der Waals surface area contributed by atoms with E-state index in [0.717, 1.165) is 0 Å². The molecule has 1 aliphatic heterocycles. The topological polar surface area (TPSA) is 59.8 Å². The van der Waals surface area contributed by atoms with Gasteiger partial charge in [0.2, 0.25) is 10.0 Å². The van der Waals surface area contributed by atoms with Crippen LogP contribution in [0.25, 0.3) is 0 Å². The third kappa shape index (κ3) is 2.06. The van der Waals surface area contributed by atoms with E-state index in [0.29, 0.717) is 32.1 Å². The molecule has 1 aromatic heterocycles. The van der Waals surface area contributed by atoms with Gasteiger partial charge >= 0.3 is 0 Å². The van der Waals surface area contributed by atoms with Crippen molar-refractivity contribution in [1.29, 1.82) is 0 Å². The largest absolute Gasteiger partial charge is 0.468 e. The zero-order valence-electron chi connectivity index (χ0n) is 8.47. The zero-order chi connectivity index (χ0) is 10.9. The first kappa shape index (κ1) is 10.7. The van der Waals surface area contributed by atoms with Crippen LogP contribution >= 0.6 is 0 Å². The number of hydrogen-bond acceptors (Lipinski definition) is 4. The maximum Gasteiger partial charge on any atom is 0.246 e. The molecule has 0 aromatic carbocycles. The van der Waals surface area contributed by atoms with Gasteiger partial charge in [-0.05, 0) is 13.0 Å². The van der Waals surface area contributed by atoms with Crippen LogP contribution in [0.3, 0.4) is 0 Å². The van der Waals surface area contributed by atoms with Gasteiger partial charge < -0.3 is 9.15 Å². The molecular formula is C9H13NO4S. The van der Waals surface area contributed by atoms with Crippen LogP contribution < -0.4 is 0 Å². The number of rotatable bonds is 2. The minimum atomic E-state index is -3.38. The summed E-state index contributed by atoms with van der Waals surface area (Å²) >= 11 is 0. The molecule has 2 rings (SSSR count). The first-order valence-electron chi connectivity index (χ1n) is 4.74. The zero-order valence-corrected chi connectivity index (χ0v) is 9.29. The monoisotopic (exact) mass is 231 g/mol. The lowest BCUT2D eigenvalue weighted by Crippen LogP contribution is -2.40. The summed E-state index contributed by atoms with van der Waals surface area (Å²) in [5, 5.41) is 0. The normalized spacial score (nSPS) is 19.3. The fourth-order valence-electron chi connectivity index (χ4n) is 1.49. The van der Waals surface area contributed by atoms with E-state index in [9.17, 15) is 8.42 Å². The minimum absolute atomic E-state index is 0.224. The van der Waals surface area contributed by atoms with Crippen LogP contribution in [0.2, 0.25) is 0 Å². The number of hydrogen-bond donors (Lipinski definition) is 0. The SMILES string of the molecule is Cc1cc(S(=O)(=O)N2CCOCC2)co1. The molecule has 1 saturated heterocycles. The number of ether oxygens (including phenoxy) is 1. The molecule has 1 fully saturated rings. The summed E-state index contributed by atoms with van der Waals surface area (Å²) in [6.45, 7) is 3.45. The molecule has 84 valence electrons. The Kier molecular flexibility index (Phi) is 2.81. The Bertz CT molecular complexity index is 431. The van der Waals surface area contributed by atoms with E-state index in [1.165, 1.54) is 16.6 Å². The summed E-state index contributed by atoms with van der Waals surface area (Å²) in [5.74, 6) is 0.599. The maximum absolute atomic E-state index is 12.0. The Hall–Kier alpha value is -0.850. The third-order valence-electron chi connectivity index (χ3n) is 2.31. The van der Waals surface area contributed by atoms with Crippen LogP contribution in [0.5, 0.6) is 0 Å². The van der Waals surface area contributed by atoms with Crippen LogP contribution in [0.15, 0.2) is 21.6 Å². The van der Waals surface area contributed by atoms with Crippen molar-refractivity contribution >= 4 is 10.0 Å². The van der Waals surface area contributed by atoms with Crippen molar-refractivity contribution in [1.82, 2.24) is 4.31 Å². The second-order valence-corrected chi connectivity index (χ2v) is 5.35. The molecule has 15 heavy (non-hydrogen) atoms. The molecule has 0 radical (unpaired) electrons. The van der Waals surface area contributed by atoms with E-state index >= 15 is 0 Å². The van der Waals surface area contributed by atoms with Crippen LogP contribution in [0.4, 0.5) is 0 Å². The van der Waals surface area contributed by atoms with Crippen LogP contribution in [-0.2, 0) is 14.8 Å². The van der Waals surface area contributed by atoms with Crippen molar-refractivity contribution in [2.75, 3.05) is 26.3 Å². The molecule has 1 aliphatic rings. The lowest BCUT2D eigenvalue weighted by molar-refractivity contribution is 0.0730. The Labute approximate surface area is 88.7 Å². The Balaban J connectivity index is 2.26. The molecule has 5 nitrogen and oxygen atoms in total. The first-order valence-corrected chi connectivity index (χ1v) is 6.18. The third-order valence-corrected chi connectivity index (χ3v) is 4.17. The second-order valence-electron chi connectivity index (χ2n) is 3.41. The minimum Gasteiger partial charge on any atom is -0.468 e. The lowest BCUT2D eigenvalue weighted by Gasteiger charge is -2.25. The van der Waals surface area contributed by atoms with Gasteiger partial charge in [-0.25, -0.2) is 8.42 Å². The number of aryl methyl sites for hydroxylation is 1. The van der Waals surface area contributed by atoms with Crippen molar-refractivity contribution in [2.24, 2.45) is 0 Å². The van der Waals surface area contributed by atoms with Crippen molar-refractivity contribution in [3.63, 3.8) is 0 Å². The maximum atomic E-state index is 12.0. The smallest absolute Gasteiger partial charge is 0.246 e. The van der Waals surface area contributed by atoms with Gasteiger partial charge in [-0.1, -0.05) is 0 Å². The van der Waals surface area contributed by atoms with Gasteiger partial charge in [-0.15, -0.1) is 0 Å². The van der Waals surface area contributed by atoms with E-state index in [1.807, 2.05) is 0 Å². The average molecular weight is 231 g/mol. The van der Waals surface area contributed by atoms with Gasteiger partial charge in [0.25, 0.3) is 0 Å². The molecule has 0 saturated carbocycles. The quantitative estimate of drug-likeness (QED) is 0.748. The molecule has 0 aliphatic carbocycles. The van der Waals surface area contributed by atoms with Crippen molar-refractivity contribution < 1.29 is 17.6 Å². The van der Waals surface area contributed by atoms with Gasteiger partial charge in [0.15, 0.2) is 0 Å². The summed E-state index contributed by atoms with van der Waals surface area (Å²) in [4.78, 5) is 0.224. The summed E-state index contributed by atoms with van der Waals surface area (Å²) in [6, 6.07) is 1.53. The highest BCUT2D eigenvalue weighted by molar-refractivity contribution is 7.89. The predicted octanol–water partition coefficient (Wildman–Crippen LogP) is 0.609. The fraction of sp³-hybridized carbons (Fsp3) is 0.556. The number of furan rings is 1. The Morgan fingerprint density at radius 3 is 2.53 bits per heavy atom. The summed E-state index contributed by atoms with van der Waals surface area (Å²) in [5.41, 5.74) is 0. The van der Waals surface area contributed by atoms with E-state index in [4.69, 9.17) is 9.15 Å². The van der Waals surface area contributed by atoms with Gasteiger partial charge in [-0.3, -0.25) is 0 Å². The molecule has 0 amide bonds. The highest BCUT2D eigenvalue weighted by atomic mass is 32.2. The highest BCUT2D eigenvalue weighted by Crippen LogP contribution is 2.19. The molecular weight excluding hydrogens is 218 g/mol. The van der Waals surface area contributed by atoms with E-state index in [-0.39, 0.29) is 4.90 Å². The van der Waals surface area contributed by atoms with Gasteiger partial charge in [0, 0.05) is 13.1 Å². The standard InChI is InChI=1S/C9H13NO4S/c1-8-6-9(7-14-8)15(11,12)10-2-4-13-5-3-10/h6-7H,2-5H2,1H3. The van der Waals surface area contributed by atoms with E-state index < -0.39 is 10.0 Å². The summed E-state index contributed by atoms with van der Waals surface area (Å²) in [7, 11) is -3.38. The van der Waals surface area contributed by atoms with Gasteiger partial charge in [-0.2, -0.15) is 4.31 Å². The molecule has 2 heterocycles. The molecule has 1 aromatic rings. The van der Waals surface area contributed by atoms with Crippen molar-refractivity contribution in [2.45, 2.75) is 11.8 Å². The Morgan fingerprint density at radius 1 is 1.33 bits per heavy atom.